The Balaban J connectivity index is 1.25. The largest absolute Gasteiger partial charge is 0.467 e. The van der Waals surface area contributed by atoms with Gasteiger partial charge in [0.1, 0.15) is 0 Å². The van der Waals surface area contributed by atoms with E-state index < -0.39 is 6.04 Å². The standard InChI is InChI=1S/C33H35N7O2/c1-42-33(41)30(23-27-24-34-29-17-9-8-16-28(27)29)40-32(35-36-37-40)31(26-14-6-3-7-15-26)39-21-19-38(20-22-39)18-10-13-25-11-4-2-5-12-25/h2-17,24,30-31,34H,18-23H2,1H3/t30?,31-/m0/s1. The number of aromatic amines is 1. The fourth-order valence-electron chi connectivity index (χ4n) is 5.78. The Morgan fingerprint density at radius 3 is 2.43 bits per heavy atom. The van der Waals surface area contributed by atoms with Crippen LogP contribution in [0.5, 0.6) is 0 Å². The summed E-state index contributed by atoms with van der Waals surface area (Å²) in [5, 5.41) is 14.0. The second-order valence-corrected chi connectivity index (χ2v) is 10.5. The fourth-order valence-corrected chi connectivity index (χ4v) is 5.78. The molecular formula is C33H35N7O2. The summed E-state index contributed by atoms with van der Waals surface area (Å²) in [6.45, 7) is 4.42. The number of tetrazole rings is 1. The van der Waals surface area contributed by atoms with E-state index in [0.29, 0.717) is 12.2 Å². The molecule has 214 valence electrons. The van der Waals surface area contributed by atoms with E-state index in [1.807, 2.05) is 48.7 Å². The molecule has 9 nitrogen and oxygen atoms in total. The van der Waals surface area contributed by atoms with Crippen LogP contribution in [-0.2, 0) is 16.0 Å². The lowest BCUT2D eigenvalue weighted by Gasteiger charge is -2.38. The number of ether oxygens (including phenoxy) is 1. The van der Waals surface area contributed by atoms with E-state index in [1.165, 1.54) is 12.7 Å². The van der Waals surface area contributed by atoms with Crippen molar-refractivity contribution in [2.45, 2.75) is 18.5 Å². The maximum Gasteiger partial charge on any atom is 0.331 e. The highest BCUT2D eigenvalue weighted by molar-refractivity contribution is 5.84. The average Bonchev–Trinajstić information content (AvgIpc) is 3.69. The number of nitrogens with one attached hydrogen (secondary N) is 1. The molecule has 0 bridgehead atoms. The molecule has 0 saturated carbocycles. The number of H-pyrrole nitrogens is 1. The van der Waals surface area contributed by atoms with Gasteiger partial charge in [0.05, 0.1) is 13.2 Å². The molecule has 9 heteroatoms. The first kappa shape index (κ1) is 27.6. The van der Waals surface area contributed by atoms with E-state index in [-0.39, 0.29) is 12.0 Å². The Morgan fingerprint density at radius 2 is 1.67 bits per heavy atom. The number of carbonyl (C=O) groups excluding carboxylic acids is 1. The van der Waals surface area contributed by atoms with Gasteiger partial charge in [0.15, 0.2) is 11.9 Å². The van der Waals surface area contributed by atoms with Gasteiger partial charge in [-0.3, -0.25) is 9.80 Å². The molecule has 1 N–H and O–H groups in total. The molecule has 42 heavy (non-hydrogen) atoms. The monoisotopic (exact) mass is 561 g/mol. The molecule has 1 fully saturated rings. The Morgan fingerprint density at radius 1 is 0.952 bits per heavy atom. The molecule has 1 unspecified atom stereocenters. The summed E-state index contributed by atoms with van der Waals surface area (Å²) in [6.07, 6.45) is 6.75. The predicted molar refractivity (Wildman–Crippen MR) is 163 cm³/mol. The molecule has 0 amide bonds. The fraction of sp³-hybridized carbons (Fsp3) is 0.273. The van der Waals surface area contributed by atoms with Crippen molar-refractivity contribution < 1.29 is 9.53 Å². The van der Waals surface area contributed by atoms with Crippen LogP contribution in [0.3, 0.4) is 0 Å². The van der Waals surface area contributed by atoms with Crippen LogP contribution < -0.4 is 0 Å². The number of piperazine rings is 1. The molecule has 2 atom stereocenters. The molecule has 0 radical (unpaired) electrons. The Hall–Kier alpha value is -4.60. The third-order valence-corrected chi connectivity index (χ3v) is 7.98. The molecule has 1 aliphatic heterocycles. The molecule has 5 aromatic rings. The van der Waals surface area contributed by atoms with Crippen LogP contribution in [0.25, 0.3) is 17.0 Å². The number of nitrogens with zero attached hydrogens (tertiary/aromatic N) is 6. The van der Waals surface area contributed by atoms with Gasteiger partial charge in [-0.1, -0.05) is 91.0 Å². The highest BCUT2D eigenvalue weighted by atomic mass is 16.5. The summed E-state index contributed by atoms with van der Waals surface area (Å²) < 4.78 is 6.94. The highest BCUT2D eigenvalue weighted by Gasteiger charge is 2.35. The number of fused-ring (bicyclic) bond motifs is 1. The average molecular weight is 562 g/mol. The molecule has 3 aromatic carbocycles. The highest BCUT2D eigenvalue weighted by Crippen LogP contribution is 2.31. The van der Waals surface area contributed by atoms with E-state index in [9.17, 15) is 4.79 Å². The van der Waals surface area contributed by atoms with Gasteiger partial charge in [-0.15, -0.1) is 5.10 Å². The minimum absolute atomic E-state index is 0.210. The van der Waals surface area contributed by atoms with Crippen LogP contribution in [0.1, 0.15) is 34.6 Å². The quantitative estimate of drug-likeness (QED) is 0.251. The third kappa shape index (κ3) is 6.02. The Labute approximate surface area is 245 Å². The molecule has 3 heterocycles. The smallest absolute Gasteiger partial charge is 0.331 e. The van der Waals surface area contributed by atoms with Crippen molar-refractivity contribution in [2.24, 2.45) is 0 Å². The lowest BCUT2D eigenvalue weighted by molar-refractivity contribution is -0.145. The predicted octanol–water partition coefficient (Wildman–Crippen LogP) is 4.53. The summed E-state index contributed by atoms with van der Waals surface area (Å²) in [4.78, 5) is 21.4. The molecule has 2 aromatic heterocycles. The van der Waals surface area contributed by atoms with Crippen molar-refractivity contribution >= 4 is 22.9 Å². The zero-order chi connectivity index (χ0) is 28.7. The molecule has 6 rings (SSSR count). The topological polar surface area (TPSA) is 92.2 Å². The number of aromatic nitrogens is 5. The first-order valence-corrected chi connectivity index (χ1v) is 14.3. The summed E-state index contributed by atoms with van der Waals surface area (Å²) in [6, 6.07) is 27.8. The van der Waals surface area contributed by atoms with Gasteiger partial charge in [-0.25, -0.2) is 9.48 Å². The summed E-state index contributed by atoms with van der Waals surface area (Å²) in [5.41, 5.74) is 4.32. The number of hydrogen-bond donors (Lipinski definition) is 1. The molecule has 1 aliphatic rings. The normalized spacial score (nSPS) is 16.1. The minimum Gasteiger partial charge on any atom is -0.467 e. The van der Waals surface area contributed by atoms with E-state index in [0.717, 1.165) is 54.8 Å². The summed E-state index contributed by atoms with van der Waals surface area (Å²) in [5.74, 6) is 0.254. The Bertz CT molecular complexity index is 1620. The molecule has 0 aliphatic carbocycles. The zero-order valence-electron chi connectivity index (χ0n) is 23.7. The van der Waals surface area contributed by atoms with E-state index in [2.05, 4.69) is 84.9 Å². The molecular weight excluding hydrogens is 526 g/mol. The first-order valence-electron chi connectivity index (χ1n) is 14.3. The maximum atomic E-state index is 13.2. The van der Waals surface area contributed by atoms with Crippen LogP contribution in [-0.4, -0.2) is 80.8 Å². The van der Waals surface area contributed by atoms with Crippen LogP contribution >= 0.6 is 0 Å². The van der Waals surface area contributed by atoms with Crippen LogP contribution in [0.15, 0.2) is 97.2 Å². The number of hydrogen-bond acceptors (Lipinski definition) is 7. The number of benzene rings is 3. The van der Waals surface area contributed by atoms with E-state index in [1.54, 1.807) is 4.68 Å². The van der Waals surface area contributed by atoms with Gasteiger partial charge < -0.3 is 9.72 Å². The van der Waals surface area contributed by atoms with E-state index >= 15 is 0 Å². The first-order chi connectivity index (χ1) is 20.7. The summed E-state index contributed by atoms with van der Waals surface area (Å²) in [7, 11) is 1.41. The van der Waals surface area contributed by atoms with Crippen LogP contribution in [0.2, 0.25) is 0 Å². The number of para-hydroxylation sites is 1. The second-order valence-electron chi connectivity index (χ2n) is 10.5. The van der Waals surface area contributed by atoms with Crippen molar-refractivity contribution in [2.75, 3.05) is 39.8 Å². The minimum atomic E-state index is -0.713. The lowest BCUT2D eigenvalue weighted by atomic mass is 10.0. The van der Waals surface area contributed by atoms with Gasteiger partial charge in [0.2, 0.25) is 0 Å². The number of carbonyl (C=O) groups is 1. The van der Waals surface area contributed by atoms with Crippen LogP contribution in [0.4, 0.5) is 0 Å². The van der Waals surface area contributed by atoms with Crippen molar-refractivity contribution in [1.82, 2.24) is 35.0 Å². The summed E-state index contributed by atoms with van der Waals surface area (Å²) >= 11 is 0. The third-order valence-electron chi connectivity index (χ3n) is 7.98. The SMILES string of the molecule is COC(=O)C(Cc1c[nH]c2ccccc12)n1nnnc1[C@H](c1ccccc1)N1CCN(CC=Cc2ccccc2)CC1. The van der Waals surface area contributed by atoms with Crippen molar-refractivity contribution in [1.29, 1.82) is 0 Å². The van der Waals surface area contributed by atoms with Crippen molar-refractivity contribution in [3.05, 3.63) is 120 Å². The van der Waals surface area contributed by atoms with Gasteiger partial charge in [0, 0.05) is 56.2 Å². The molecule has 1 saturated heterocycles. The van der Waals surface area contributed by atoms with Crippen molar-refractivity contribution in [3.63, 3.8) is 0 Å². The van der Waals surface area contributed by atoms with Gasteiger partial charge >= 0.3 is 5.97 Å². The lowest BCUT2D eigenvalue weighted by Crippen LogP contribution is -2.48. The zero-order valence-corrected chi connectivity index (χ0v) is 23.7. The van der Waals surface area contributed by atoms with Crippen LogP contribution in [0, 0.1) is 0 Å². The van der Waals surface area contributed by atoms with Gasteiger partial charge in [-0.2, -0.15) is 0 Å². The van der Waals surface area contributed by atoms with E-state index in [4.69, 9.17) is 4.74 Å². The van der Waals surface area contributed by atoms with Gasteiger partial charge in [0.25, 0.3) is 0 Å². The molecule has 0 spiro atoms. The second kappa shape index (κ2) is 12.9. The maximum absolute atomic E-state index is 13.2. The number of esters is 1. The van der Waals surface area contributed by atoms with Crippen molar-refractivity contribution in [3.8, 4) is 0 Å². The Kier molecular flexibility index (Phi) is 8.48. The van der Waals surface area contributed by atoms with Gasteiger partial charge in [-0.05, 0) is 33.2 Å². The number of methoxy groups -OCH3 is 1. The number of rotatable bonds is 10.